The Morgan fingerprint density at radius 3 is 1.12 bits per heavy atom. The van der Waals surface area contributed by atoms with Crippen LogP contribution in [0.2, 0.25) is 0 Å². The summed E-state index contributed by atoms with van der Waals surface area (Å²) in [6, 6.07) is 70.3. The number of nitrogens with zero attached hydrogens (tertiary/aromatic N) is 2. The molecule has 2 nitrogen and oxygen atoms in total. The molecule has 50 heavy (non-hydrogen) atoms. The molecule has 8 aromatic carbocycles. The van der Waals surface area contributed by atoms with E-state index in [0.29, 0.717) is 0 Å². The fourth-order valence-electron chi connectivity index (χ4n) is 7.95. The summed E-state index contributed by atoms with van der Waals surface area (Å²) < 4.78 is 4.93. The topological polar surface area (TPSA) is 9.86 Å². The van der Waals surface area contributed by atoms with Crippen molar-refractivity contribution in [3.05, 3.63) is 194 Å². The van der Waals surface area contributed by atoms with Crippen LogP contribution in [0.1, 0.15) is 0 Å². The highest BCUT2D eigenvalue weighted by molar-refractivity contribution is 6.29. The molecule has 0 spiro atoms. The van der Waals surface area contributed by atoms with E-state index in [1.807, 2.05) is 0 Å². The smallest absolute Gasteiger partial charge is 0.0549 e. The van der Waals surface area contributed by atoms with Gasteiger partial charge in [-0.2, -0.15) is 0 Å². The third-order valence-corrected chi connectivity index (χ3v) is 10.1. The minimum absolute atomic E-state index is 1.17. The van der Waals surface area contributed by atoms with Gasteiger partial charge < -0.3 is 9.13 Å². The van der Waals surface area contributed by atoms with Crippen LogP contribution in [0, 0.1) is 0 Å². The van der Waals surface area contributed by atoms with E-state index in [1.54, 1.807) is 0 Å². The molecule has 0 atom stereocenters. The highest BCUT2D eigenvalue weighted by Gasteiger charge is 2.22. The third kappa shape index (κ3) is 4.36. The first-order valence-electron chi connectivity index (χ1n) is 17.2. The van der Waals surface area contributed by atoms with Crippen molar-refractivity contribution in [2.24, 2.45) is 0 Å². The van der Waals surface area contributed by atoms with Crippen molar-refractivity contribution in [2.75, 3.05) is 0 Å². The molecule has 0 amide bonds. The van der Waals surface area contributed by atoms with Crippen molar-refractivity contribution >= 4 is 43.6 Å². The van der Waals surface area contributed by atoms with Crippen LogP contribution in [0.3, 0.4) is 0 Å². The summed E-state index contributed by atoms with van der Waals surface area (Å²) in [6.45, 7) is 0. The quantitative estimate of drug-likeness (QED) is 0.178. The Morgan fingerprint density at radius 1 is 0.240 bits per heavy atom. The number of aromatic nitrogens is 2. The maximum absolute atomic E-state index is 2.47. The van der Waals surface area contributed by atoms with Crippen molar-refractivity contribution in [2.45, 2.75) is 0 Å². The number of hydrogen-bond donors (Lipinski definition) is 0. The van der Waals surface area contributed by atoms with Crippen LogP contribution in [0.4, 0.5) is 0 Å². The van der Waals surface area contributed by atoms with Gasteiger partial charge >= 0.3 is 0 Å². The normalized spacial score (nSPS) is 11.6. The molecule has 0 saturated heterocycles. The van der Waals surface area contributed by atoms with Gasteiger partial charge in [-0.1, -0.05) is 158 Å². The van der Waals surface area contributed by atoms with Crippen molar-refractivity contribution in [3.8, 4) is 44.8 Å². The third-order valence-electron chi connectivity index (χ3n) is 10.1. The molecular formula is C48H32N2. The van der Waals surface area contributed by atoms with Gasteiger partial charge in [0.15, 0.2) is 0 Å². The summed E-state index contributed by atoms with van der Waals surface area (Å²) in [5.41, 5.74) is 14.4. The molecule has 0 radical (unpaired) electrons. The standard InChI is InChI=1S/C48H32N2/c1-3-15-33(16-4-1)34-27-29-36(30-28-34)38-20-8-12-24-42(38)50-44-26-14-10-22-40(44)48-46(50)32-31-45-47(48)39-21-9-13-25-43(39)49(45)41-23-11-7-19-37(41)35-17-5-2-6-18-35/h1-32H. The Balaban J connectivity index is 1.25. The van der Waals surface area contributed by atoms with Crippen molar-refractivity contribution in [1.29, 1.82) is 0 Å². The molecular weight excluding hydrogens is 605 g/mol. The van der Waals surface area contributed by atoms with Crippen LogP contribution in [0.5, 0.6) is 0 Å². The van der Waals surface area contributed by atoms with E-state index >= 15 is 0 Å². The first-order valence-corrected chi connectivity index (χ1v) is 17.2. The Hall–Kier alpha value is -6.64. The Labute approximate surface area is 290 Å². The number of fused-ring (bicyclic) bond motifs is 7. The molecule has 0 aliphatic rings. The van der Waals surface area contributed by atoms with Crippen LogP contribution in [0.15, 0.2) is 194 Å². The van der Waals surface area contributed by atoms with Gasteiger partial charge in [-0.25, -0.2) is 0 Å². The van der Waals surface area contributed by atoms with Gasteiger partial charge in [0.25, 0.3) is 0 Å². The van der Waals surface area contributed by atoms with Crippen LogP contribution >= 0.6 is 0 Å². The summed E-state index contributed by atoms with van der Waals surface area (Å²) >= 11 is 0. The average Bonchev–Trinajstić information content (AvgIpc) is 3.71. The molecule has 0 fully saturated rings. The van der Waals surface area contributed by atoms with Gasteiger partial charge in [-0.15, -0.1) is 0 Å². The summed E-state index contributed by atoms with van der Waals surface area (Å²) in [6.07, 6.45) is 0. The molecule has 0 aliphatic carbocycles. The summed E-state index contributed by atoms with van der Waals surface area (Å²) in [7, 11) is 0. The van der Waals surface area contributed by atoms with E-state index in [-0.39, 0.29) is 0 Å². The second kappa shape index (κ2) is 11.5. The molecule has 2 heterocycles. The van der Waals surface area contributed by atoms with E-state index in [9.17, 15) is 0 Å². The number of benzene rings is 8. The van der Waals surface area contributed by atoms with Gasteiger partial charge in [0.05, 0.1) is 33.4 Å². The molecule has 10 rings (SSSR count). The zero-order valence-electron chi connectivity index (χ0n) is 27.4. The van der Waals surface area contributed by atoms with Crippen LogP contribution in [0.25, 0.3) is 88.4 Å². The van der Waals surface area contributed by atoms with E-state index in [4.69, 9.17) is 0 Å². The SMILES string of the molecule is c1ccc(-c2ccc(-c3ccccc3-n3c4ccccc4c4c5c6ccccc6n(-c6ccccc6-c6ccccc6)c5ccc43)cc2)cc1. The molecule has 2 aromatic heterocycles. The lowest BCUT2D eigenvalue weighted by atomic mass is 9.99. The summed E-state index contributed by atoms with van der Waals surface area (Å²) in [5, 5.41) is 5.06. The fourth-order valence-corrected chi connectivity index (χ4v) is 7.95. The lowest BCUT2D eigenvalue weighted by molar-refractivity contribution is 1.17. The first-order chi connectivity index (χ1) is 24.8. The lowest BCUT2D eigenvalue weighted by Crippen LogP contribution is -1.98. The molecule has 0 bridgehead atoms. The number of para-hydroxylation sites is 4. The van der Waals surface area contributed by atoms with Crippen molar-refractivity contribution in [1.82, 2.24) is 9.13 Å². The lowest BCUT2D eigenvalue weighted by Gasteiger charge is -2.15. The Kier molecular flexibility index (Phi) is 6.53. The van der Waals surface area contributed by atoms with Gasteiger partial charge in [-0.3, -0.25) is 0 Å². The number of hydrogen-bond acceptors (Lipinski definition) is 0. The van der Waals surface area contributed by atoms with Gasteiger partial charge in [0.2, 0.25) is 0 Å². The van der Waals surface area contributed by atoms with Crippen LogP contribution in [-0.2, 0) is 0 Å². The average molecular weight is 637 g/mol. The molecule has 0 unspecified atom stereocenters. The van der Waals surface area contributed by atoms with E-state index in [1.165, 1.54) is 88.4 Å². The summed E-state index contributed by atoms with van der Waals surface area (Å²) in [4.78, 5) is 0. The number of rotatable bonds is 5. The molecule has 0 aliphatic heterocycles. The second-order valence-corrected chi connectivity index (χ2v) is 12.9. The van der Waals surface area contributed by atoms with Crippen LogP contribution < -0.4 is 0 Å². The minimum atomic E-state index is 1.17. The summed E-state index contributed by atoms with van der Waals surface area (Å²) in [5.74, 6) is 0. The van der Waals surface area contributed by atoms with Gasteiger partial charge in [0.1, 0.15) is 0 Å². The molecule has 0 N–H and O–H groups in total. The Morgan fingerprint density at radius 2 is 0.600 bits per heavy atom. The van der Waals surface area contributed by atoms with E-state index in [0.717, 1.165) is 0 Å². The van der Waals surface area contributed by atoms with E-state index < -0.39 is 0 Å². The predicted octanol–water partition coefficient (Wildman–Crippen LogP) is 12.9. The van der Waals surface area contributed by atoms with Gasteiger partial charge in [0, 0.05) is 32.7 Å². The largest absolute Gasteiger partial charge is 0.309 e. The Bertz CT molecular complexity index is 2840. The zero-order chi connectivity index (χ0) is 33.0. The van der Waals surface area contributed by atoms with Crippen molar-refractivity contribution in [3.63, 3.8) is 0 Å². The monoisotopic (exact) mass is 636 g/mol. The van der Waals surface area contributed by atoms with Crippen molar-refractivity contribution < 1.29 is 0 Å². The zero-order valence-corrected chi connectivity index (χ0v) is 27.4. The maximum atomic E-state index is 2.47. The molecule has 2 heteroatoms. The van der Waals surface area contributed by atoms with Gasteiger partial charge in [-0.05, 0) is 58.7 Å². The minimum Gasteiger partial charge on any atom is -0.309 e. The highest BCUT2D eigenvalue weighted by atomic mass is 15.0. The fraction of sp³-hybridized carbons (Fsp3) is 0. The van der Waals surface area contributed by atoms with E-state index in [2.05, 4.69) is 203 Å². The maximum Gasteiger partial charge on any atom is 0.0549 e. The molecule has 10 aromatic rings. The second-order valence-electron chi connectivity index (χ2n) is 12.9. The highest BCUT2D eigenvalue weighted by Crippen LogP contribution is 2.44. The molecule has 0 saturated carbocycles. The predicted molar refractivity (Wildman–Crippen MR) is 211 cm³/mol. The van der Waals surface area contributed by atoms with Crippen LogP contribution in [-0.4, -0.2) is 9.13 Å². The molecule has 234 valence electrons. The first kappa shape index (κ1) is 28.4.